The number of fused-ring (bicyclic) bond motifs is 1. The number of hydrogen-bond acceptors (Lipinski definition) is 3. The fourth-order valence-electron chi connectivity index (χ4n) is 2.88. The Morgan fingerprint density at radius 1 is 0.966 bits per heavy atom. The molecule has 4 aromatic rings. The summed E-state index contributed by atoms with van der Waals surface area (Å²) in [5.74, 6) is -0.943. The molecule has 0 saturated heterocycles. The van der Waals surface area contributed by atoms with Crippen LogP contribution in [0, 0.1) is 0 Å². The van der Waals surface area contributed by atoms with Gasteiger partial charge in [0.1, 0.15) is 0 Å². The van der Waals surface area contributed by atoms with Crippen LogP contribution < -0.4 is 5.73 Å². The zero-order valence-electron chi connectivity index (χ0n) is 15.9. The minimum Gasteiger partial charge on any atom is -0.478 e. The maximum Gasteiger partial charge on any atom is 0.336 e. The van der Waals surface area contributed by atoms with E-state index >= 15 is 0 Å². The van der Waals surface area contributed by atoms with Gasteiger partial charge in [0.2, 0.25) is 0 Å². The molecule has 4 nitrogen and oxygen atoms in total. The molecule has 0 amide bonds. The van der Waals surface area contributed by atoms with E-state index in [0.29, 0.717) is 16.6 Å². The summed E-state index contributed by atoms with van der Waals surface area (Å²) in [5, 5.41) is 10.0. The average Bonchev–Trinajstić information content (AvgIpc) is 2.74. The van der Waals surface area contributed by atoms with E-state index in [-0.39, 0.29) is 11.6 Å². The van der Waals surface area contributed by atoms with Gasteiger partial charge in [-0.1, -0.05) is 76.6 Å². The third-order valence-corrected chi connectivity index (χ3v) is 4.94. The van der Waals surface area contributed by atoms with Crippen molar-refractivity contribution in [3.63, 3.8) is 0 Å². The lowest BCUT2D eigenvalue weighted by Crippen LogP contribution is -2.03. The number of carboxylic acid groups (broad SMARTS) is 1. The van der Waals surface area contributed by atoms with Crippen molar-refractivity contribution in [3.05, 3.63) is 101 Å². The van der Waals surface area contributed by atoms with Crippen molar-refractivity contribution in [1.82, 2.24) is 4.98 Å². The monoisotopic (exact) mass is 448 g/mol. The molecule has 0 aliphatic rings. The summed E-state index contributed by atoms with van der Waals surface area (Å²) in [6.45, 7) is 1.98. The molecule has 0 saturated carbocycles. The zero-order chi connectivity index (χ0) is 20.8. The SMILES string of the molecule is CC(N)c1ccccc1.O=C(O)c1cc(-c2ccc(Br)cc2)nc2ccccc12. The molecule has 1 unspecified atom stereocenters. The van der Waals surface area contributed by atoms with Crippen molar-refractivity contribution in [3.8, 4) is 11.3 Å². The zero-order valence-corrected chi connectivity index (χ0v) is 17.5. The maximum absolute atomic E-state index is 11.4. The summed E-state index contributed by atoms with van der Waals surface area (Å²) >= 11 is 3.38. The van der Waals surface area contributed by atoms with E-state index in [0.717, 1.165) is 10.0 Å². The first-order chi connectivity index (χ1) is 14.0. The lowest BCUT2D eigenvalue weighted by atomic mass is 10.0. The van der Waals surface area contributed by atoms with Crippen LogP contribution in [-0.4, -0.2) is 16.1 Å². The molecule has 0 fully saturated rings. The fourth-order valence-corrected chi connectivity index (χ4v) is 3.14. The van der Waals surface area contributed by atoms with E-state index in [2.05, 4.69) is 20.9 Å². The molecule has 1 heterocycles. The molecule has 3 N–H and O–H groups in total. The van der Waals surface area contributed by atoms with E-state index < -0.39 is 5.97 Å². The largest absolute Gasteiger partial charge is 0.478 e. The average molecular weight is 449 g/mol. The van der Waals surface area contributed by atoms with Gasteiger partial charge in [0.15, 0.2) is 0 Å². The Labute approximate surface area is 178 Å². The third-order valence-electron chi connectivity index (χ3n) is 4.41. The third kappa shape index (κ3) is 5.28. The van der Waals surface area contributed by atoms with Crippen LogP contribution in [0.5, 0.6) is 0 Å². The molecule has 0 aliphatic carbocycles. The van der Waals surface area contributed by atoms with Gasteiger partial charge in [0.25, 0.3) is 0 Å². The quantitative estimate of drug-likeness (QED) is 0.398. The molecule has 29 heavy (non-hydrogen) atoms. The Balaban J connectivity index is 0.000000224. The van der Waals surface area contributed by atoms with Crippen LogP contribution in [0.3, 0.4) is 0 Å². The highest BCUT2D eigenvalue weighted by molar-refractivity contribution is 9.10. The van der Waals surface area contributed by atoms with E-state index in [1.54, 1.807) is 12.1 Å². The van der Waals surface area contributed by atoms with Gasteiger partial charge in [0, 0.05) is 21.5 Å². The van der Waals surface area contributed by atoms with Gasteiger partial charge in [-0.25, -0.2) is 9.78 Å². The van der Waals surface area contributed by atoms with Crippen LogP contribution in [0.4, 0.5) is 0 Å². The van der Waals surface area contributed by atoms with Gasteiger partial charge >= 0.3 is 5.97 Å². The van der Waals surface area contributed by atoms with E-state index in [4.69, 9.17) is 5.73 Å². The van der Waals surface area contributed by atoms with Crippen LogP contribution in [0.2, 0.25) is 0 Å². The first kappa shape index (κ1) is 20.7. The van der Waals surface area contributed by atoms with Crippen LogP contribution in [0.25, 0.3) is 22.2 Å². The van der Waals surface area contributed by atoms with E-state index in [1.165, 1.54) is 5.56 Å². The molecular weight excluding hydrogens is 428 g/mol. The Morgan fingerprint density at radius 2 is 1.59 bits per heavy atom. The second-order valence-electron chi connectivity index (χ2n) is 6.58. The summed E-state index contributed by atoms with van der Waals surface area (Å²) in [7, 11) is 0. The lowest BCUT2D eigenvalue weighted by Gasteiger charge is -2.07. The lowest BCUT2D eigenvalue weighted by molar-refractivity contribution is 0.0699. The van der Waals surface area contributed by atoms with Crippen molar-refractivity contribution in [2.75, 3.05) is 0 Å². The molecule has 0 radical (unpaired) electrons. The normalized spacial score (nSPS) is 11.4. The summed E-state index contributed by atoms with van der Waals surface area (Å²) in [5.41, 5.74) is 9.31. The predicted molar refractivity (Wildman–Crippen MR) is 121 cm³/mol. The first-order valence-corrected chi connectivity index (χ1v) is 9.94. The first-order valence-electron chi connectivity index (χ1n) is 9.15. The predicted octanol–water partition coefficient (Wildman–Crippen LogP) is 6.07. The van der Waals surface area contributed by atoms with Gasteiger partial charge in [0.05, 0.1) is 16.8 Å². The van der Waals surface area contributed by atoms with Crippen molar-refractivity contribution in [2.24, 2.45) is 5.73 Å². The molecular formula is C24H21BrN2O2. The fraction of sp³-hybridized carbons (Fsp3) is 0.0833. The molecule has 1 atom stereocenters. The molecule has 0 bridgehead atoms. The molecule has 0 spiro atoms. The number of nitrogens with zero attached hydrogens (tertiary/aromatic N) is 1. The minimum absolute atomic E-state index is 0.159. The number of rotatable bonds is 3. The smallest absolute Gasteiger partial charge is 0.336 e. The van der Waals surface area contributed by atoms with Gasteiger partial charge in [-0.2, -0.15) is 0 Å². The number of aromatic carboxylic acids is 1. The van der Waals surface area contributed by atoms with Gasteiger partial charge in [-0.05, 0) is 36.8 Å². The Hall–Kier alpha value is -3.02. The second-order valence-corrected chi connectivity index (χ2v) is 7.50. The highest BCUT2D eigenvalue weighted by Gasteiger charge is 2.12. The van der Waals surface area contributed by atoms with Crippen LogP contribution >= 0.6 is 15.9 Å². The summed E-state index contributed by atoms with van der Waals surface area (Å²) in [6, 6.07) is 26.7. The standard InChI is InChI=1S/C16H10BrNO2.C8H11N/c17-11-7-5-10(6-8-11)15-9-13(16(19)20)12-3-1-2-4-14(12)18-15;1-7(9)8-5-3-2-4-6-8/h1-9H,(H,19,20);2-7H,9H2,1H3. The molecule has 5 heteroatoms. The van der Waals surface area contributed by atoms with Gasteiger partial charge < -0.3 is 10.8 Å². The number of carboxylic acids is 1. The maximum atomic E-state index is 11.4. The number of carbonyl (C=O) groups is 1. The van der Waals surface area contributed by atoms with Crippen LogP contribution in [0.15, 0.2) is 89.4 Å². The molecule has 4 rings (SSSR count). The number of hydrogen-bond donors (Lipinski definition) is 2. The summed E-state index contributed by atoms with van der Waals surface area (Å²) in [6.07, 6.45) is 0. The number of aromatic nitrogens is 1. The Morgan fingerprint density at radius 3 is 2.17 bits per heavy atom. The van der Waals surface area contributed by atoms with E-state index in [9.17, 15) is 9.90 Å². The summed E-state index contributed by atoms with van der Waals surface area (Å²) in [4.78, 5) is 16.0. The number of para-hydroxylation sites is 1. The van der Waals surface area contributed by atoms with Crippen molar-refractivity contribution < 1.29 is 9.90 Å². The highest BCUT2D eigenvalue weighted by Crippen LogP contribution is 2.25. The molecule has 146 valence electrons. The molecule has 0 aliphatic heterocycles. The van der Waals surface area contributed by atoms with Gasteiger partial charge in [-0.3, -0.25) is 0 Å². The topological polar surface area (TPSA) is 76.2 Å². The Kier molecular flexibility index (Phi) is 6.75. The number of benzene rings is 3. The second kappa shape index (κ2) is 9.45. The highest BCUT2D eigenvalue weighted by atomic mass is 79.9. The minimum atomic E-state index is -0.943. The molecule has 3 aromatic carbocycles. The Bertz CT molecular complexity index is 1110. The molecule has 1 aromatic heterocycles. The van der Waals surface area contributed by atoms with Gasteiger partial charge in [-0.15, -0.1) is 0 Å². The van der Waals surface area contributed by atoms with Crippen molar-refractivity contribution in [2.45, 2.75) is 13.0 Å². The number of halogens is 1. The van der Waals surface area contributed by atoms with Crippen molar-refractivity contribution >= 4 is 32.8 Å². The number of pyridine rings is 1. The summed E-state index contributed by atoms with van der Waals surface area (Å²) < 4.78 is 0.973. The van der Waals surface area contributed by atoms with Crippen molar-refractivity contribution in [1.29, 1.82) is 0 Å². The van der Waals surface area contributed by atoms with Crippen LogP contribution in [0.1, 0.15) is 28.9 Å². The van der Waals surface area contributed by atoms with Crippen LogP contribution in [-0.2, 0) is 0 Å². The van der Waals surface area contributed by atoms with E-state index in [1.807, 2.05) is 79.7 Å². The number of nitrogens with two attached hydrogens (primary N) is 1.